The van der Waals surface area contributed by atoms with Crippen LogP contribution in [0.25, 0.3) is 10.8 Å². The molecule has 6 heteroatoms. The average molecular weight is 393 g/mol. The molecule has 1 aliphatic rings. The summed E-state index contributed by atoms with van der Waals surface area (Å²) in [5.74, 6) is 2.24. The number of aliphatic imine (C=N–C) groups is 1. The molecule has 1 saturated heterocycles. The van der Waals surface area contributed by atoms with Gasteiger partial charge in [0.05, 0.1) is 12.8 Å². The van der Waals surface area contributed by atoms with Crippen LogP contribution in [0.1, 0.15) is 36.3 Å². The van der Waals surface area contributed by atoms with Crippen molar-refractivity contribution in [3.63, 3.8) is 0 Å². The Hall–Kier alpha value is -3.02. The number of fused-ring (bicyclic) bond motifs is 1. The number of hydrogen-bond donors (Lipinski definition) is 1. The van der Waals surface area contributed by atoms with Crippen LogP contribution < -0.4 is 10.5 Å². The number of piperidine rings is 1. The van der Waals surface area contributed by atoms with Gasteiger partial charge in [-0.3, -0.25) is 0 Å². The molecule has 3 aromatic rings. The second-order valence-corrected chi connectivity index (χ2v) is 7.55. The van der Waals surface area contributed by atoms with Crippen molar-refractivity contribution in [3.8, 4) is 5.75 Å². The van der Waals surface area contributed by atoms with Gasteiger partial charge in [0.25, 0.3) is 0 Å². The highest BCUT2D eigenvalue weighted by Crippen LogP contribution is 2.22. The number of nitrogens with two attached hydrogens (primary N) is 1. The SMILES string of the molecule is COc1ccc2cc(CCc3cc(CN=C(N)N4CCCCC4)on3)ccc2c1. The van der Waals surface area contributed by atoms with E-state index in [2.05, 4.69) is 45.4 Å². The molecular formula is C23H28N4O2. The lowest BCUT2D eigenvalue weighted by Crippen LogP contribution is -2.40. The Kier molecular flexibility index (Phi) is 5.98. The summed E-state index contributed by atoms with van der Waals surface area (Å²) in [7, 11) is 1.69. The molecule has 2 heterocycles. The minimum absolute atomic E-state index is 0.438. The largest absolute Gasteiger partial charge is 0.497 e. The molecule has 0 saturated carbocycles. The number of aryl methyl sites for hydroxylation is 2. The van der Waals surface area contributed by atoms with Crippen molar-refractivity contribution in [2.45, 2.75) is 38.6 Å². The highest BCUT2D eigenvalue weighted by molar-refractivity contribution is 5.84. The first-order valence-electron chi connectivity index (χ1n) is 10.3. The van der Waals surface area contributed by atoms with Crippen LogP contribution in [0.5, 0.6) is 5.75 Å². The third-order valence-corrected chi connectivity index (χ3v) is 5.47. The molecule has 2 N–H and O–H groups in total. The summed E-state index contributed by atoms with van der Waals surface area (Å²) in [6, 6.07) is 14.6. The lowest BCUT2D eigenvalue weighted by molar-refractivity contribution is 0.336. The summed E-state index contributed by atoms with van der Waals surface area (Å²) in [6.07, 6.45) is 5.39. The van der Waals surface area contributed by atoms with Crippen molar-refractivity contribution >= 4 is 16.7 Å². The van der Waals surface area contributed by atoms with E-state index in [1.54, 1.807) is 7.11 Å². The maximum atomic E-state index is 6.11. The van der Waals surface area contributed by atoms with Gasteiger partial charge in [-0.1, -0.05) is 29.4 Å². The van der Waals surface area contributed by atoms with Crippen LogP contribution >= 0.6 is 0 Å². The Morgan fingerprint density at radius 2 is 1.86 bits per heavy atom. The molecule has 1 fully saturated rings. The van der Waals surface area contributed by atoms with E-state index in [-0.39, 0.29) is 0 Å². The molecule has 0 spiro atoms. The van der Waals surface area contributed by atoms with E-state index in [1.807, 2.05) is 12.1 Å². The average Bonchev–Trinajstić information content (AvgIpc) is 3.24. The zero-order valence-corrected chi connectivity index (χ0v) is 16.9. The maximum absolute atomic E-state index is 6.11. The second kappa shape index (κ2) is 8.99. The fourth-order valence-electron chi connectivity index (χ4n) is 3.76. The standard InChI is InChI=1S/C23H28N4O2/c1-28-21-10-8-18-13-17(5-7-19(18)14-21)6-9-20-15-22(29-26-20)16-25-23(24)27-11-3-2-4-12-27/h5,7-8,10,13-15H,2-4,6,9,11-12,16H2,1H3,(H2,24,25). The molecule has 0 bridgehead atoms. The minimum atomic E-state index is 0.438. The molecule has 152 valence electrons. The predicted molar refractivity (Wildman–Crippen MR) is 115 cm³/mol. The first-order valence-corrected chi connectivity index (χ1v) is 10.3. The number of likely N-dealkylation sites (tertiary alicyclic amines) is 1. The molecule has 1 aliphatic heterocycles. The van der Waals surface area contributed by atoms with Crippen LogP contribution in [0, 0.1) is 0 Å². The van der Waals surface area contributed by atoms with Crippen LogP contribution in [0.15, 0.2) is 52.0 Å². The highest BCUT2D eigenvalue weighted by atomic mass is 16.5. The zero-order valence-electron chi connectivity index (χ0n) is 16.9. The van der Waals surface area contributed by atoms with E-state index in [4.69, 9.17) is 15.0 Å². The van der Waals surface area contributed by atoms with Gasteiger partial charge in [-0.05, 0) is 60.6 Å². The van der Waals surface area contributed by atoms with E-state index in [0.717, 1.165) is 43.1 Å². The number of rotatable bonds is 6. The van der Waals surface area contributed by atoms with Gasteiger partial charge in [-0.15, -0.1) is 0 Å². The zero-order chi connectivity index (χ0) is 20.1. The summed E-state index contributed by atoms with van der Waals surface area (Å²) in [5, 5.41) is 6.59. The van der Waals surface area contributed by atoms with E-state index < -0.39 is 0 Å². The second-order valence-electron chi connectivity index (χ2n) is 7.55. The molecule has 0 amide bonds. The molecule has 1 aromatic heterocycles. The van der Waals surface area contributed by atoms with Crippen molar-refractivity contribution in [2.75, 3.05) is 20.2 Å². The Morgan fingerprint density at radius 3 is 2.69 bits per heavy atom. The van der Waals surface area contributed by atoms with E-state index in [1.165, 1.54) is 35.6 Å². The Balaban J connectivity index is 1.33. The fourth-order valence-corrected chi connectivity index (χ4v) is 3.76. The van der Waals surface area contributed by atoms with Crippen LogP contribution in [0.2, 0.25) is 0 Å². The summed E-state index contributed by atoms with van der Waals surface area (Å²) in [4.78, 5) is 6.62. The van der Waals surface area contributed by atoms with Crippen LogP contribution in [-0.2, 0) is 19.4 Å². The Labute approximate surface area is 171 Å². The van der Waals surface area contributed by atoms with Crippen LogP contribution in [0.4, 0.5) is 0 Å². The van der Waals surface area contributed by atoms with Crippen LogP contribution in [0.3, 0.4) is 0 Å². The Morgan fingerprint density at radius 1 is 1.07 bits per heavy atom. The number of nitrogens with zero attached hydrogens (tertiary/aromatic N) is 3. The van der Waals surface area contributed by atoms with Gasteiger partial charge < -0.3 is 19.9 Å². The van der Waals surface area contributed by atoms with Gasteiger partial charge in [0, 0.05) is 19.2 Å². The summed E-state index contributed by atoms with van der Waals surface area (Å²) in [6.45, 7) is 2.43. The topological polar surface area (TPSA) is 76.9 Å². The van der Waals surface area contributed by atoms with Gasteiger partial charge in [-0.25, -0.2) is 4.99 Å². The number of hydrogen-bond acceptors (Lipinski definition) is 4. The van der Waals surface area contributed by atoms with E-state index in [9.17, 15) is 0 Å². The molecule has 0 unspecified atom stereocenters. The lowest BCUT2D eigenvalue weighted by Gasteiger charge is -2.27. The predicted octanol–water partition coefficient (Wildman–Crippen LogP) is 3.92. The third-order valence-electron chi connectivity index (χ3n) is 5.47. The number of methoxy groups -OCH3 is 1. The number of benzene rings is 2. The first kappa shape index (κ1) is 19.3. The van der Waals surface area contributed by atoms with Gasteiger partial charge in [0.1, 0.15) is 12.3 Å². The molecule has 0 radical (unpaired) electrons. The van der Waals surface area contributed by atoms with Crippen molar-refractivity contribution in [3.05, 3.63) is 59.5 Å². The number of aromatic nitrogens is 1. The molecule has 6 nitrogen and oxygen atoms in total. The van der Waals surface area contributed by atoms with Crippen molar-refractivity contribution in [1.82, 2.24) is 10.1 Å². The molecular weight excluding hydrogens is 364 g/mol. The molecule has 0 aliphatic carbocycles. The molecule has 0 atom stereocenters. The number of ether oxygens (including phenoxy) is 1. The summed E-state index contributed by atoms with van der Waals surface area (Å²) in [5.41, 5.74) is 8.33. The maximum Gasteiger partial charge on any atom is 0.191 e. The lowest BCUT2D eigenvalue weighted by atomic mass is 10.0. The molecule has 29 heavy (non-hydrogen) atoms. The van der Waals surface area contributed by atoms with Crippen molar-refractivity contribution < 1.29 is 9.26 Å². The van der Waals surface area contributed by atoms with Gasteiger partial charge in [-0.2, -0.15) is 0 Å². The van der Waals surface area contributed by atoms with Gasteiger partial charge >= 0.3 is 0 Å². The quantitative estimate of drug-likeness (QED) is 0.508. The molecule has 4 rings (SSSR count). The molecule has 2 aromatic carbocycles. The van der Waals surface area contributed by atoms with Gasteiger partial charge in [0.2, 0.25) is 0 Å². The first-order chi connectivity index (χ1) is 14.2. The van der Waals surface area contributed by atoms with Crippen LogP contribution in [-0.4, -0.2) is 36.2 Å². The summed E-state index contributed by atoms with van der Waals surface area (Å²) >= 11 is 0. The highest BCUT2D eigenvalue weighted by Gasteiger charge is 2.12. The smallest absolute Gasteiger partial charge is 0.191 e. The third kappa shape index (κ3) is 4.88. The van der Waals surface area contributed by atoms with Gasteiger partial charge in [0.15, 0.2) is 11.7 Å². The number of guanidine groups is 1. The van der Waals surface area contributed by atoms with E-state index >= 15 is 0 Å². The van der Waals surface area contributed by atoms with Crippen molar-refractivity contribution in [1.29, 1.82) is 0 Å². The summed E-state index contributed by atoms with van der Waals surface area (Å²) < 4.78 is 10.7. The fraction of sp³-hybridized carbons (Fsp3) is 0.391. The minimum Gasteiger partial charge on any atom is -0.497 e. The Bertz CT molecular complexity index is 989. The van der Waals surface area contributed by atoms with E-state index in [0.29, 0.717) is 12.5 Å². The monoisotopic (exact) mass is 392 g/mol. The van der Waals surface area contributed by atoms with Crippen molar-refractivity contribution in [2.24, 2.45) is 10.7 Å². The normalized spacial score (nSPS) is 15.1.